The van der Waals surface area contributed by atoms with Crippen LogP contribution in [0, 0.1) is 6.92 Å². The molecule has 3 N–H and O–H groups in total. The largest absolute Gasteiger partial charge is 0.492 e. The molecule has 6 heteroatoms. The number of aromatic nitrogens is 2. The number of anilines is 3. The molecule has 0 spiro atoms. The maximum atomic E-state index is 5.69. The van der Waals surface area contributed by atoms with Crippen molar-refractivity contribution in [3.05, 3.63) is 36.0 Å². The standard InChI is InChI=1S/C13H16N4O.ClH/c1-3-18-11-7-5-4-6-10(11)16-13-15-9(2)8-12(14)17-13;/h4-8H,3H2,1-2H3,(H3,14,15,16,17);1H. The number of hydrogen-bond acceptors (Lipinski definition) is 5. The quantitative estimate of drug-likeness (QED) is 0.901. The highest BCUT2D eigenvalue weighted by Crippen LogP contribution is 2.26. The molecule has 2 rings (SSSR count). The van der Waals surface area contributed by atoms with Gasteiger partial charge in [-0.25, -0.2) is 4.98 Å². The summed E-state index contributed by atoms with van der Waals surface area (Å²) in [5.74, 6) is 1.68. The maximum absolute atomic E-state index is 5.69. The average Bonchev–Trinajstić information content (AvgIpc) is 2.30. The normalized spacial score (nSPS) is 9.58. The third-order valence-electron chi connectivity index (χ3n) is 2.31. The fraction of sp³-hybridized carbons (Fsp3) is 0.231. The first-order valence-electron chi connectivity index (χ1n) is 5.79. The van der Waals surface area contributed by atoms with Gasteiger partial charge in [0.25, 0.3) is 0 Å². The molecule has 19 heavy (non-hydrogen) atoms. The van der Waals surface area contributed by atoms with Crippen molar-refractivity contribution in [2.45, 2.75) is 13.8 Å². The fourth-order valence-corrected chi connectivity index (χ4v) is 1.62. The molecule has 5 nitrogen and oxygen atoms in total. The molecule has 0 fully saturated rings. The highest BCUT2D eigenvalue weighted by Gasteiger charge is 2.05. The average molecular weight is 281 g/mol. The van der Waals surface area contributed by atoms with Crippen molar-refractivity contribution < 1.29 is 4.74 Å². The predicted octanol–water partition coefficient (Wildman–Crippen LogP) is 2.93. The van der Waals surface area contributed by atoms with Crippen molar-refractivity contribution in [1.29, 1.82) is 0 Å². The van der Waals surface area contributed by atoms with Crippen LogP contribution >= 0.6 is 12.4 Å². The summed E-state index contributed by atoms with van der Waals surface area (Å²) in [5.41, 5.74) is 7.33. The van der Waals surface area contributed by atoms with Crippen LogP contribution in [0.2, 0.25) is 0 Å². The summed E-state index contributed by atoms with van der Waals surface area (Å²) in [5, 5.41) is 3.11. The number of benzene rings is 1. The number of nitrogen functional groups attached to an aromatic ring is 1. The number of halogens is 1. The second kappa shape index (κ2) is 6.80. The molecule has 0 radical (unpaired) electrons. The minimum atomic E-state index is 0. The zero-order chi connectivity index (χ0) is 13.0. The van der Waals surface area contributed by atoms with E-state index >= 15 is 0 Å². The van der Waals surface area contributed by atoms with Gasteiger partial charge in [0.1, 0.15) is 11.6 Å². The summed E-state index contributed by atoms with van der Waals surface area (Å²) >= 11 is 0. The molecule has 1 heterocycles. The Labute approximate surface area is 118 Å². The number of nitrogens with zero attached hydrogens (tertiary/aromatic N) is 2. The monoisotopic (exact) mass is 280 g/mol. The molecule has 0 aliphatic carbocycles. The SMILES string of the molecule is CCOc1ccccc1Nc1nc(C)cc(N)n1.Cl. The molecule has 0 amide bonds. The van der Waals surface area contributed by atoms with Crippen LogP contribution in [-0.4, -0.2) is 16.6 Å². The van der Waals surface area contributed by atoms with E-state index in [1.165, 1.54) is 0 Å². The van der Waals surface area contributed by atoms with Crippen LogP contribution in [0.3, 0.4) is 0 Å². The van der Waals surface area contributed by atoms with Crippen LogP contribution in [0.15, 0.2) is 30.3 Å². The van der Waals surface area contributed by atoms with Gasteiger partial charge in [0, 0.05) is 11.8 Å². The molecule has 0 aliphatic heterocycles. The number of nitrogens with one attached hydrogen (secondary N) is 1. The van der Waals surface area contributed by atoms with Crippen LogP contribution in [0.1, 0.15) is 12.6 Å². The zero-order valence-corrected chi connectivity index (χ0v) is 11.7. The molecule has 102 valence electrons. The van der Waals surface area contributed by atoms with Gasteiger partial charge in [0.15, 0.2) is 0 Å². The minimum Gasteiger partial charge on any atom is -0.492 e. The number of hydrogen-bond donors (Lipinski definition) is 2. The lowest BCUT2D eigenvalue weighted by Crippen LogP contribution is -2.03. The van der Waals surface area contributed by atoms with Crippen LogP contribution in [0.25, 0.3) is 0 Å². The van der Waals surface area contributed by atoms with Crippen molar-refractivity contribution in [2.75, 3.05) is 17.7 Å². The summed E-state index contributed by atoms with van der Waals surface area (Å²) in [6.07, 6.45) is 0. The van der Waals surface area contributed by atoms with Crippen LogP contribution in [-0.2, 0) is 0 Å². The van der Waals surface area contributed by atoms with E-state index in [0.717, 1.165) is 17.1 Å². The fourth-order valence-electron chi connectivity index (χ4n) is 1.62. The Hall–Kier alpha value is -2.01. The third kappa shape index (κ3) is 3.99. The zero-order valence-electron chi connectivity index (χ0n) is 10.9. The van der Waals surface area contributed by atoms with Crippen molar-refractivity contribution in [2.24, 2.45) is 0 Å². The molecule has 0 unspecified atom stereocenters. The highest BCUT2D eigenvalue weighted by atomic mass is 35.5. The topological polar surface area (TPSA) is 73.1 Å². The van der Waals surface area contributed by atoms with Gasteiger partial charge in [-0.1, -0.05) is 12.1 Å². The Morgan fingerprint density at radius 2 is 2.00 bits per heavy atom. The molecule has 0 saturated heterocycles. The van der Waals surface area contributed by atoms with E-state index in [-0.39, 0.29) is 12.4 Å². The van der Waals surface area contributed by atoms with Crippen molar-refractivity contribution in [1.82, 2.24) is 9.97 Å². The molecule has 1 aromatic carbocycles. The van der Waals surface area contributed by atoms with Gasteiger partial charge >= 0.3 is 0 Å². The lowest BCUT2D eigenvalue weighted by molar-refractivity contribution is 0.342. The van der Waals surface area contributed by atoms with E-state index in [1.807, 2.05) is 38.1 Å². The van der Waals surface area contributed by atoms with E-state index in [2.05, 4.69) is 15.3 Å². The van der Waals surface area contributed by atoms with Crippen molar-refractivity contribution >= 4 is 29.9 Å². The Kier molecular flexibility index (Phi) is 5.38. The van der Waals surface area contributed by atoms with E-state index in [9.17, 15) is 0 Å². The number of para-hydroxylation sites is 2. The third-order valence-corrected chi connectivity index (χ3v) is 2.31. The van der Waals surface area contributed by atoms with Crippen LogP contribution in [0.4, 0.5) is 17.5 Å². The molecule has 1 aromatic heterocycles. The van der Waals surface area contributed by atoms with E-state index in [4.69, 9.17) is 10.5 Å². The summed E-state index contributed by atoms with van der Waals surface area (Å²) in [6.45, 7) is 4.42. The highest BCUT2D eigenvalue weighted by molar-refractivity contribution is 5.85. The Morgan fingerprint density at radius 3 is 2.68 bits per heavy atom. The summed E-state index contributed by atoms with van der Waals surface area (Å²) < 4.78 is 5.52. The van der Waals surface area contributed by atoms with E-state index in [0.29, 0.717) is 18.4 Å². The molecule has 0 aliphatic rings. The summed E-state index contributed by atoms with van der Waals surface area (Å²) in [6, 6.07) is 9.36. The van der Waals surface area contributed by atoms with E-state index < -0.39 is 0 Å². The minimum absolute atomic E-state index is 0. The Bertz CT molecular complexity index is 528. The first kappa shape index (κ1) is 15.0. The summed E-state index contributed by atoms with van der Waals surface area (Å²) in [4.78, 5) is 8.40. The molecular formula is C13H17ClN4O. The van der Waals surface area contributed by atoms with Gasteiger partial charge in [-0.2, -0.15) is 4.98 Å². The first-order valence-corrected chi connectivity index (χ1v) is 5.79. The molecule has 0 atom stereocenters. The number of aryl methyl sites for hydroxylation is 1. The lowest BCUT2D eigenvalue weighted by Gasteiger charge is -2.11. The molecule has 0 bridgehead atoms. The van der Waals surface area contributed by atoms with Gasteiger partial charge in [0.05, 0.1) is 12.3 Å². The van der Waals surface area contributed by atoms with Gasteiger partial charge in [0.2, 0.25) is 5.95 Å². The number of rotatable bonds is 4. The maximum Gasteiger partial charge on any atom is 0.229 e. The van der Waals surface area contributed by atoms with Crippen molar-refractivity contribution in [3.63, 3.8) is 0 Å². The van der Waals surface area contributed by atoms with Gasteiger partial charge < -0.3 is 15.8 Å². The lowest BCUT2D eigenvalue weighted by atomic mass is 10.3. The summed E-state index contributed by atoms with van der Waals surface area (Å²) in [7, 11) is 0. The molecule has 2 aromatic rings. The Morgan fingerprint density at radius 1 is 1.26 bits per heavy atom. The van der Waals surface area contributed by atoms with E-state index in [1.54, 1.807) is 6.07 Å². The molecule has 0 saturated carbocycles. The predicted molar refractivity (Wildman–Crippen MR) is 79.3 cm³/mol. The number of nitrogens with two attached hydrogens (primary N) is 1. The van der Waals surface area contributed by atoms with Crippen LogP contribution < -0.4 is 15.8 Å². The van der Waals surface area contributed by atoms with Gasteiger partial charge in [-0.15, -0.1) is 12.4 Å². The molecular weight excluding hydrogens is 264 g/mol. The van der Waals surface area contributed by atoms with Gasteiger partial charge in [-0.05, 0) is 26.0 Å². The first-order chi connectivity index (χ1) is 8.69. The van der Waals surface area contributed by atoms with Crippen molar-refractivity contribution in [3.8, 4) is 5.75 Å². The van der Waals surface area contributed by atoms with Gasteiger partial charge in [-0.3, -0.25) is 0 Å². The second-order valence-electron chi connectivity index (χ2n) is 3.81. The van der Waals surface area contributed by atoms with Crippen LogP contribution in [0.5, 0.6) is 5.75 Å². The number of ether oxygens (including phenoxy) is 1. The second-order valence-corrected chi connectivity index (χ2v) is 3.81. The Balaban J connectivity index is 0.00000180. The smallest absolute Gasteiger partial charge is 0.229 e.